The van der Waals surface area contributed by atoms with Gasteiger partial charge in [0.1, 0.15) is 5.75 Å². The van der Waals surface area contributed by atoms with Gasteiger partial charge < -0.3 is 9.84 Å². The van der Waals surface area contributed by atoms with E-state index >= 15 is 0 Å². The number of benzene rings is 2. The Kier molecular flexibility index (Phi) is 2.33. The van der Waals surface area contributed by atoms with Gasteiger partial charge in [0.2, 0.25) is 0 Å². The van der Waals surface area contributed by atoms with Gasteiger partial charge >= 0.3 is 0 Å². The summed E-state index contributed by atoms with van der Waals surface area (Å²) >= 11 is 0. The lowest BCUT2D eigenvalue weighted by atomic mass is 9.94. The van der Waals surface area contributed by atoms with Gasteiger partial charge in [0.25, 0.3) is 0 Å². The largest absolute Gasteiger partial charge is 0.497 e. The third-order valence-electron chi connectivity index (χ3n) is 3.82. The van der Waals surface area contributed by atoms with Gasteiger partial charge in [0, 0.05) is 5.41 Å². The molecule has 17 heavy (non-hydrogen) atoms. The molecule has 0 heterocycles. The number of rotatable bonds is 3. The zero-order valence-corrected chi connectivity index (χ0v) is 9.94. The molecule has 2 nitrogen and oxygen atoms in total. The molecule has 0 amide bonds. The molecule has 1 saturated carbocycles. The highest BCUT2D eigenvalue weighted by molar-refractivity contribution is 5.85. The molecule has 88 valence electrons. The fourth-order valence-electron chi connectivity index (χ4n) is 2.37. The molecule has 0 aliphatic heterocycles. The predicted octanol–water partition coefficient (Wildman–Crippen LogP) is 2.87. The van der Waals surface area contributed by atoms with Crippen LogP contribution in [-0.2, 0) is 5.41 Å². The van der Waals surface area contributed by atoms with Gasteiger partial charge in [0.15, 0.2) is 0 Å². The molecule has 3 rings (SSSR count). The molecule has 0 spiro atoms. The summed E-state index contributed by atoms with van der Waals surface area (Å²) in [5.74, 6) is 0.878. The second kappa shape index (κ2) is 3.74. The maximum absolute atomic E-state index is 9.46. The molecule has 1 fully saturated rings. The Labute approximate surface area is 101 Å². The summed E-state index contributed by atoms with van der Waals surface area (Å²) in [5.41, 5.74) is 1.29. The number of aliphatic hydroxyl groups is 1. The minimum absolute atomic E-state index is 0.0390. The maximum atomic E-state index is 9.46. The Morgan fingerprint density at radius 3 is 2.53 bits per heavy atom. The van der Waals surface area contributed by atoms with Gasteiger partial charge in [-0.2, -0.15) is 0 Å². The number of hydrogen-bond donors (Lipinski definition) is 1. The van der Waals surface area contributed by atoms with Crippen molar-refractivity contribution in [3.8, 4) is 5.75 Å². The molecule has 0 unspecified atom stereocenters. The van der Waals surface area contributed by atoms with E-state index < -0.39 is 0 Å². The van der Waals surface area contributed by atoms with Crippen molar-refractivity contribution in [3.63, 3.8) is 0 Å². The summed E-state index contributed by atoms with van der Waals surface area (Å²) in [6.07, 6.45) is 2.19. The third-order valence-corrected chi connectivity index (χ3v) is 3.82. The highest BCUT2D eigenvalue weighted by Gasteiger charge is 2.43. The first-order valence-corrected chi connectivity index (χ1v) is 5.97. The molecule has 2 aromatic rings. The van der Waals surface area contributed by atoms with Crippen LogP contribution < -0.4 is 4.74 Å². The molecule has 0 saturated heterocycles. The fourth-order valence-corrected chi connectivity index (χ4v) is 2.37. The van der Waals surface area contributed by atoms with E-state index in [2.05, 4.69) is 24.3 Å². The van der Waals surface area contributed by atoms with Crippen LogP contribution in [0.2, 0.25) is 0 Å². The van der Waals surface area contributed by atoms with Gasteiger partial charge in [-0.15, -0.1) is 0 Å². The average molecular weight is 228 g/mol. The average Bonchev–Trinajstić information content (AvgIpc) is 3.18. The Morgan fingerprint density at radius 2 is 1.88 bits per heavy atom. The highest BCUT2D eigenvalue weighted by atomic mass is 16.5. The number of fused-ring (bicyclic) bond motifs is 1. The van der Waals surface area contributed by atoms with Crippen LogP contribution in [-0.4, -0.2) is 18.8 Å². The van der Waals surface area contributed by atoms with Crippen molar-refractivity contribution in [1.29, 1.82) is 0 Å². The maximum Gasteiger partial charge on any atom is 0.119 e. The molecule has 2 aromatic carbocycles. The van der Waals surface area contributed by atoms with Gasteiger partial charge in [0.05, 0.1) is 13.7 Å². The van der Waals surface area contributed by atoms with Crippen LogP contribution in [0.15, 0.2) is 36.4 Å². The number of aliphatic hydroxyl groups excluding tert-OH is 1. The van der Waals surface area contributed by atoms with E-state index in [0.29, 0.717) is 0 Å². The van der Waals surface area contributed by atoms with Crippen molar-refractivity contribution in [1.82, 2.24) is 0 Å². The zero-order chi connectivity index (χ0) is 11.9. The summed E-state index contributed by atoms with van der Waals surface area (Å²) in [6, 6.07) is 12.5. The van der Waals surface area contributed by atoms with Crippen molar-refractivity contribution in [2.24, 2.45) is 0 Å². The van der Waals surface area contributed by atoms with E-state index in [1.807, 2.05) is 12.1 Å². The van der Waals surface area contributed by atoms with Crippen molar-refractivity contribution in [2.45, 2.75) is 18.3 Å². The van der Waals surface area contributed by atoms with Crippen LogP contribution in [0.25, 0.3) is 10.8 Å². The molecule has 0 atom stereocenters. The molecule has 0 bridgehead atoms. The molecular formula is C15H16O2. The van der Waals surface area contributed by atoms with Crippen LogP contribution in [0, 0.1) is 0 Å². The van der Waals surface area contributed by atoms with E-state index in [1.165, 1.54) is 16.3 Å². The number of methoxy groups -OCH3 is 1. The van der Waals surface area contributed by atoms with E-state index in [4.69, 9.17) is 4.74 Å². The molecule has 0 radical (unpaired) electrons. The summed E-state index contributed by atoms with van der Waals surface area (Å²) in [5, 5.41) is 11.9. The first-order valence-electron chi connectivity index (χ1n) is 5.97. The lowest BCUT2D eigenvalue weighted by Crippen LogP contribution is -2.11. The first-order chi connectivity index (χ1) is 8.27. The van der Waals surface area contributed by atoms with Crippen LogP contribution in [0.1, 0.15) is 18.4 Å². The minimum atomic E-state index is 0.0390. The van der Waals surface area contributed by atoms with Crippen LogP contribution in [0.3, 0.4) is 0 Å². The molecule has 2 heteroatoms. The van der Waals surface area contributed by atoms with E-state index in [-0.39, 0.29) is 12.0 Å². The van der Waals surface area contributed by atoms with E-state index in [9.17, 15) is 5.11 Å². The second-order valence-corrected chi connectivity index (χ2v) is 4.87. The number of hydrogen-bond acceptors (Lipinski definition) is 2. The van der Waals surface area contributed by atoms with Gasteiger partial charge in [-0.1, -0.05) is 24.3 Å². The van der Waals surface area contributed by atoms with E-state index in [0.717, 1.165) is 18.6 Å². The predicted molar refractivity (Wildman–Crippen MR) is 68.5 cm³/mol. The molecule has 1 N–H and O–H groups in total. The Balaban J connectivity index is 2.11. The van der Waals surface area contributed by atoms with E-state index in [1.54, 1.807) is 7.11 Å². The van der Waals surface area contributed by atoms with Crippen LogP contribution in [0.5, 0.6) is 5.75 Å². The molecule has 1 aliphatic rings. The Bertz CT molecular complexity index is 556. The Hall–Kier alpha value is -1.54. The smallest absolute Gasteiger partial charge is 0.119 e. The summed E-state index contributed by atoms with van der Waals surface area (Å²) < 4.78 is 5.24. The fraction of sp³-hybridized carbons (Fsp3) is 0.333. The van der Waals surface area contributed by atoms with Crippen LogP contribution >= 0.6 is 0 Å². The van der Waals surface area contributed by atoms with Crippen molar-refractivity contribution in [3.05, 3.63) is 42.0 Å². The normalized spacial score (nSPS) is 17.1. The topological polar surface area (TPSA) is 29.5 Å². The van der Waals surface area contributed by atoms with Gasteiger partial charge in [-0.05, 0) is 41.3 Å². The third kappa shape index (κ3) is 1.69. The lowest BCUT2D eigenvalue weighted by Gasteiger charge is -2.13. The monoisotopic (exact) mass is 228 g/mol. The Morgan fingerprint density at radius 1 is 1.12 bits per heavy atom. The summed E-state index contributed by atoms with van der Waals surface area (Å²) in [6.45, 7) is 0.252. The quantitative estimate of drug-likeness (QED) is 0.875. The first kappa shape index (κ1) is 10.6. The zero-order valence-electron chi connectivity index (χ0n) is 9.94. The summed E-state index contributed by atoms with van der Waals surface area (Å²) in [4.78, 5) is 0. The van der Waals surface area contributed by atoms with Crippen molar-refractivity contribution in [2.75, 3.05) is 13.7 Å². The van der Waals surface area contributed by atoms with Crippen molar-refractivity contribution >= 4 is 10.8 Å². The lowest BCUT2D eigenvalue weighted by molar-refractivity contribution is 0.255. The molecule has 0 aromatic heterocycles. The van der Waals surface area contributed by atoms with Gasteiger partial charge in [-0.25, -0.2) is 0 Å². The molecular weight excluding hydrogens is 212 g/mol. The summed E-state index contributed by atoms with van der Waals surface area (Å²) in [7, 11) is 1.68. The number of ether oxygens (including phenoxy) is 1. The van der Waals surface area contributed by atoms with Gasteiger partial charge in [-0.3, -0.25) is 0 Å². The standard InChI is InChI=1S/C15H16O2/c1-17-14-5-3-11-2-4-13(8-12(11)9-14)15(10-16)6-7-15/h2-5,8-9,16H,6-7,10H2,1H3. The highest BCUT2D eigenvalue weighted by Crippen LogP contribution is 2.48. The van der Waals surface area contributed by atoms with Crippen LogP contribution in [0.4, 0.5) is 0 Å². The second-order valence-electron chi connectivity index (χ2n) is 4.87. The SMILES string of the molecule is COc1ccc2ccc(C3(CO)CC3)cc2c1. The minimum Gasteiger partial charge on any atom is -0.497 e. The molecule has 1 aliphatic carbocycles. The van der Waals surface area contributed by atoms with Crippen molar-refractivity contribution < 1.29 is 9.84 Å².